The second-order valence-electron chi connectivity index (χ2n) is 6.76. The van der Waals surface area contributed by atoms with Crippen molar-refractivity contribution in [2.24, 2.45) is 0 Å². The number of nitrogens with one attached hydrogen (secondary N) is 2. The van der Waals surface area contributed by atoms with Gasteiger partial charge < -0.3 is 25.2 Å². The highest BCUT2D eigenvalue weighted by Crippen LogP contribution is 2.31. The summed E-state index contributed by atoms with van der Waals surface area (Å²) >= 11 is 0. The molecule has 0 aromatic heterocycles. The molecule has 27 heavy (non-hydrogen) atoms. The Kier molecular flexibility index (Phi) is 4.96. The van der Waals surface area contributed by atoms with E-state index in [0.717, 1.165) is 11.1 Å². The first-order valence-electron chi connectivity index (χ1n) is 8.94. The van der Waals surface area contributed by atoms with E-state index in [0.29, 0.717) is 42.9 Å². The highest BCUT2D eigenvalue weighted by atomic mass is 19.1. The number of urea groups is 1. The second kappa shape index (κ2) is 7.54. The molecule has 2 amide bonds. The van der Waals surface area contributed by atoms with Gasteiger partial charge in [-0.3, -0.25) is 0 Å². The summed E-state index contributed by atoms with van der Waals surface area (Å²) in [5.41, 5.74) is 3.35. The van der Waals surface area contributed by atoms with Gasteiger partial charge in [-0.2, -0.15) is 0 Å². The minimum atomic E-state index is -0.642. The van der Waals surface area contributed by atoms with Crippen molar-refractivity contribution in [1.29, 1.82) is 0 Å². The molecule has 1 heterocycles. The van der Waals surface area contributed by atoms with Gasteiger partial charge in [-0.1, -0.05) is 24.3 Å². The summed E-state index contributed by atoms with van der Waals surface area (Å²) in [4.78, 5) is 12.2. The largest absolute Gasteiger partial charge is 0.467 e. The maximum Gasteiger partial charge on any atom is 0.315 e. The minimum absolute atomic E-state index is 0.137. The fourth-order valence-electron chi connectivity index (χ4n) is 3.69. The maximum absolute atomic E-state index is 13.8. The van der Waals surface area contributed by atoms with Crippen molar-refractivity contribution < 1.29 is 23.8 Å². The normalized spacial score (nSPS) is 20.4. The summed E-state index contributed by atoms with van der Waals surface area (Å²) in [5, 5.41) is 15.8. The average Bonchev–Trinajstić information content (AvgIpc) is 2.97. The van der Waals surface area contributed by atoms with Crippen LogP contribution in [0.5, 0.6) is 5.75 Å². The van der Waals surface area contributed by atoms with Crippen LogP contribution in [-0.2, 0) is 24.2 Å². The topological polar surface area (TPSA) is 79.8 Å². The first kappa shape index (κ1) is 17.8. The van der Waals surface area contributed by atoms with Crippen molar-refractivity contribution in [2.75, 3.05) is 13.3 Å². The number of ether oxygens (including phenoxy) is 2. The smallest absolute Gasteiger partial charge is 0.315 e. The predicted octanol–water partition coefficient (Wildman–Crippen LogP) is 2.19. The molecular formula is C20H21FN2O4. The molecule has 0 saturated carbocycles. The fraction of sp³-hybridized carbons (Fsp3) is 0.350. The second-order valence-corrected chi connectivity index (χ2v) is 6.76. The van der Waals surface area contributed by atoms with E-state index in [4.69, 9.17) is 9.47 Å². The van der Waals surface area contributed by atoms with Gasteiger partial charge >= 0.3 is 6.03 Å². The molecule has 2 atom stereocenters. The number of fused-ring (bicyclic) bond motifs is 2. The Morgan fingerprint density at radius 1 is 1.26 bits per heavy atom. The number of amides is 2. The molecule has 0 fully saturated rings. The molecule has 2 aromatic rings. The highest BCUT2D eigenvalue weighted by Gasteiger charge is 2.31. The molecule has 4 rings (SSSR count). The van der Waals surface area contributed by atoms with E-state index >= 15 is 0 Å². The number of hydrogen-bond acceptors (Lipinski definition) is 4. The van der Waals surface area contributed by atoms with Gasteiger partial charge in [0.05, 0.1) is 18.8 Å². The molecule has 3 N–H and O–H groups in total. The van der Waals surface area contributed by atoms with Crippen LogP contribution in [0.2, 0.25) is 0 Å². The Hall–Kier alpha value is -2.64. The molecule has 6 nitrogen and oxygen atoms in total. The molecule has 0 unspecified atom stereocenters. The van der Waals surface area contributed by atoms with E-state index in [2.05, 4.69) is 10.6 Å². The van der Waals surface area contributed by atoms with Crippen LogP contribution in [0.25, 0.3) is 0 Å². The number of aliphatic hydroxyl groups is 1. The summed E-state index contributed by atoms with van der Waals surface area (Å²) in [6.45, 7) is 0.766. The Labute approximate surface area is 156 Å². The van der Waals surface area contributed by atoms with E-state index in [1.165, 1.54) is 12.1 Å². The summed E-state index contributed by atoms with van der Waals surface area (Å²) in [7, 11) is 0. The number of hydrogen-bond donors (Lipinski definition) is 3. The van der Waals surface area contributed by atoms with Crippen molar-refractivity contribution in [2.45, 2.75) is 31.6 Å². The molecule has 1 aliphatic heterocycles. The first-order chi connectivity index (χ1) is 13.1. The lowest BCUT2D eigenvalue weighted by Crippen LogP contribution is -2.41. The van der Waals surface area contributed by atoms with Gasteiger partial charge in [-0.05, 0) is 35.2 Å². The van der Waals surface area contributed by atoms with E-state index in [9.17, 15) is 14.3 Å². The third kappa shape index (κ3) is 3.74. The van der Waals surface area contributed by atoms with Gasteiger partial charge in [0.15, 0.2) is 6.79 Å². The first-order valence-corrected chi connectivity index (χ1v) is 8.94. The Balaban J connectivity index is 1.35. The van der Waals surface area contributed by atoms with Crippen LogP contribution >= 0.6 is 0 Å². The highest BCUT2D eigenvalue weighted by molar-refractivity contribution is 5.74. The summed E-state index contributed by atoms with van der Waals surface area (Å²) < 4.78 is 24.4. The van der Waals surface area contributed by atoms with Crippen LogP contribution in [0.15, 0.2) is 36.4 Å². The molecule has 0 saturated heterocycles. The number of aliphatic hydroxyl groups excluding tert-OH is 1. The van der Waals surface area contributed by atoms with E-state index < -0.39 is 12.1 Å². The molecule has 2 aromatic carbocycles. The number of halogens is 1. The van der Waals surface area contributed by atoms with Crippen molar-refractivity contribution in [3.63, 3.8) is 0 Å². The lowest BCUT2D eigenvalue weighted by molar-refractivity contribution is -0.0172. The summed E-state index contributed by atoms with van der Waals surface area (Å²) in [5.74, 6) is 0.276. The summed E-state index contributed by atoms with van der Waals surface area (Å²) in [6.07, 6.45) is 0.310. The van der Waals surface area contributed by atoms with Crippen molar-refractivity contribution in [3.8, 4) is 5.75 Å². The van der Waals surface area contributed by atoms with Gasteiger partial charge in [-0.25, -0.2) is 9.18 Å². The lowest BCUT2D eigenvalue weighted by Gasteiger charge is -2.21. The van der Waals surface area contributed by atoms with Crippen LogP contribution in [-0.4, -0.2) is 30.6 Å². The number of benzene rings is 2. The lowest BCUT2D eigenvalue weighted by atomic mass is 10.1. The molecule has 142 valence electrons. The third-order valence-corrected chi connectivity index (χ3v) is 4.92. The zero-order valence-corrected chi connectivity index (χ0v) is 14.7. The van der Waals surface area contributed by atoms with E-state index in [1.54, 1.807) is 0 Å². The minimum Gasteiger partial charge on any atom is -0.467 e. The monoisotopic (exact) mass is 372 g/mol. The number of rotatable bonds is 4. The third-order valence-electron chi connectivity index (χ3n) is 4.92. The van der Waals surface area contributed by atoms with Gasteiger partial charge in [0.1, 0.15) is 11.6 Å². The van der Waals surface area contributed by atoms with Gasteiger partial charge in [-0.15, -0.1) is 0 Å². The van der Waals surface area contributed by atoms with Crippen molar-refractivity contribution in [3.05, 3.63) is 64.5 Å². The quantitative estimate of drug-likeness (QED) is 0.769. The van der Waals surface area contributed by atoms with E-state index in [1.807, 2.05) is 24.3 Å². The molecule has 0 spiro atoms. The zero-order valence-electron chi connectivity index (χ0n) is 14.7. The van der Waals surface area contributed by atoms with Crippen LogP contribution in [0.4, 0.5) is 9.18 Å². The predicted molar refractivity (Wildman–Crippen MR) is 95.8 cm³/mol. The van der Waals surface area contributed by atoms with Gasteiger partial charge in [0, 0.05) is 18.5 Å². The van der Waals surface area contributed by atoms with Crippen LogP contribution in [0.3, 0.4) is 0 Å². The summed E-state index contributed by atoms with van der Waals surface area (Å²) in [6, 6.07) is 9.69. The maximum atomic E-state index is 13.8. The number of carbonyl (C=O) groups excluding carboxylic acids is 1. The van der Waals surface area contributed by atoms with Gasteiger partial charge in [0.25, 0.3) is 0 Å². The van der Waals surface area contributed by atoms with Gasteiger partial charge in [0.2, 0.25) is 0 Å². The number of carbonyl (C=O) groups is 1. The standard InChI is InChI=1S/C20H21FN2O4/c21-15-7-13(19-14(8-15)10-26-11-27-19)5-6-22-20(25)23-18-16-4-2-1-3-12(16)9-17(18)24/h1-4,7-8,17-18,24H,5-6,9-11H2,(H2,22,23,25)/t17-,18+/m1/s1. The molecule has 2 aliphatic rings. The Morgan fingerprint density at radius 2 is 2.11 bits per heavy atom. The molecule has 0 radical (unpaired) electrons. The van der Waals surface area contributed by atoms with Crippen LogP contribution in [0.1, 0.15) is 28.3 Å². The Morgan fingerprint density at radius 3 is 3.00 bits per heavy atom. The average molecular weight is 372 g/mol. The molecule has 0 bridgehead atoms. The van der Waals surface area contributed by atoms with E-state index in [-0.39, 0.29) is 18.6 Å². The molecule has 1 aliphatic carbocycles. The molecule has 7 heteroatoms. The SMILES string of the molecule is O=C(NCCc1cc(F)cc2c1OCOC2)N[C@H]1c2ccccc2C[C@H]1O. The zero-order chi connectivity index (χ0) is 18.8. The van der Waals surface area contributed by atoms with Crippen molar-refractivity contribution in [1.82, 2.24) is 10.6 Å². The van der Waals surface area contributed by atoms with Crippen molar-refractivity contribution >= 4 is 6.03 Å². The van der Waals surface area contributed by atoms with Crippen LogP contribution in [0, 0.1) is 5.82 Å². The molecular weight excluding hydrogens is 351 g/mol. The fourth-order valence-corrected chi connectivity index (χ4v) is 3.69. The van der Waals surface area contributed by atoms with Crippen LogP contribution < -0.4 is 15.4 Å². The Bertz CT molecular complexity index is 858.